The van der Waals surface area contributed by atoms with Crippen LogP contribution in [0.3, 0.4) is 0 Å². The Morgan fingerprint density at radius 2 is 1.90 bits per heavy atom. The fraction of sp³-hybridized carbons (Fsp3) is 0.0769. The number of anilines is 1. The average molecular weight is 376 g/mol. The number of methoxy groups -OCH3 is 1. The quantitative estimate of drug-likeness (QED) is 0.808. The number of nitrogens with one attached hydrogen (secondary N) is 1. The molecule has 1 amide bonds. The van der Waals surface area contributed by atoms with Gasteiger partial charge < -0.3 is 10.1 Å². The van der Waals surface area contributed by atoms with Gasteiger partial charge in [0.15, 0.2) is 0 Å². The zero-order valence-corrected chi connectivity index (χ0v) is 13.4. The molecule has 0 saturated heterocycles. The SMILES string of the molecule is COc1cc(NC(=O)c2cc(Cl)nc(Cl)c2)ccc1Br. The molecule has 0 bridgehead atoms. The van der Waals surface area contributed by atoms with Gasteiger partial charge in [-0.15, -0.1) is 0 Å². The molecule has 4 nitrogen and oxygen atoms in total. The van der Waals surface area contributed by atoms with Gasteiger partial charge in [0.1, 0.15) is 16.1 Å². The van der Waals surface area contributed by atoms with Crippen molar-refractivity contribution < 1.29 is 9.53 Å². The first-order valence-electron chi connectivity index (χ1n) is 5.47. The number of hydrogen-bond donors (Lipinski definition) is 1. The van der Waals surface area contributed by atoms with Crippen LogP contribution in [0.4, 0.5) is 5.69 Å². The fourth-order valence-electron chi connectivity index (χ4n) is 1.54. The van der Waals surface area contributed by atoms with Gasteiger partial charge in [-0.2, -0.15) is 0 Å². The van der Waals surface area contributed by atoms with Crippen molar-refractivity contribution in [3.05, 3.63) is 50.7 Å². The number of amides is 1. The van der Waals surface area contributed by atoms with E-state index in [1.165, 1.54) is 12.1 Å². The highest BCUT2D eigenvalue weighted by Gasteiger charge is 2.10. The summed E-state index contributed by atoms with van der Waals surface area (Å²) in [7, 11) is 1.55. The van der Waals surface area contributed by atoms with E-state index in [0.29, 0.717) is 17.0 Å². The van der Waals surface area contributed by atoms with Crippen LogP contribution in [0.2, 0.25) is 10.3 Å². The van der Waals surface area contributed by atoms with Crippen molar-refractivity contribution in [3.8, 4) is 5.75 Å². The van der Waals surface area contributed by atoms with E-state index in [-0.39, 0.29) is 16.2 Å². The Kier molecular flexibility index (Phi) is 4.86. The van der Waals surface area contributed by atoms with Crippen molar-refractivity contribution in [3.63, 3.8) is 0 Å². The van der Waals surface area contributed by atoms with Gasteiger partial charge in [-0.25, -0.2) is 4.98 Å². The highest BCUT2D eigenvalue weighted by atomic mass is 79.9. The number of hydrogen-bond acceptors (Lipinski definition) is 3. The molecule has 104 valence electrons. The maximum Gasteiger partial charge on any atom is 0.255 e. The maximum atomic E-state index is 12.1. The van der Waals surface area contributed by atoms with Gasteiger partial charge in [-0.05, 0) is 40.2 Å². The van der Waals surface area contributed by atoms with Gasteiger partial charge in [0.25, 0.3) is 5.91 Å². The lowest BCUT2D eigenvalue weighted by Gasteiger charge is -2.09. The predicted octanol–water partition coefficient (Wildman–Crippen LogP) is 4.41. The molecule has 0 saturated carbocycles. The second-order valence-corrected chi connectivity index (χ2v) is 5.43. The molecule has 0 spiro atoms. The fourth-order valence-corrected chi connectivity index (χ4v) is 2.41. The van der Waals surface area contributed by atoms with Crippen LogP contribution in [-0.2, 0) is 0 Å². The van der Waals surface area contributed by atoms with Crippen molar-refractivity contribution in [1.29, 1.82) is 0 Å². The monoisotopic (exact) mass is 374 g/mol. The molecule has 0 unspecified atom stereocenters. The zero-order chi connectivity index (χ0) is 14.7. The number of pyridine rings is 1. The molecule has 2 rings (SSSR count). The third-order valence-electron chi connectivity index (χ3n) is 2.43. The minimum absolute atomic E-state index is 0.163. The smallest absolute Gasteiger partial charge is 0.255 e. The number of benzene rings is 1. The molecule has 7 heteroatoms. The predicted molar refractivity (Wildman–Crippen MR) is 82.9 cm³/mol. The molecular weight excluding hydrogens is 367 g/mol. The molecule has 1 heterocycles. The van der Waals surface area contributed by atoms with E-state index < -0.39 is 0 Å². The molecule has 20 heavy (non-hydrogen) atoms. The summed E-state index contributed by atoms with van der Waals surface area (Å²) in [5.74, 6) is 0.286. The van der Waals surface area contributed by atoms with Crippen LogP contribution in [0.1, 0.15) is 10.4 Å². The van der Waals surface area contributed by atoms with E-state index in [0.717, 1.165) is 4.47 Å². The lowest BCUT2D eigenvalue weighted by atomic mass is 10.2. The Labute approximate surface area is 134 Å². The van der Waals surface area contributed by atoms with Crippen LogP contribution in [-0.4, -0.2) is 18.0 Å². The third-order valence-corrected chi connectivity index (χ3v) is 3.48. The molecule has 1 aromatic heterocycles. The van der Waals surface area contributed by atoms with Crippen molar-refractivity contribution in [2.75, 3.05) is 12.4 Å². The number of aromatic nitrogens is 1. The summed E-state index contributed by atoms with van der Waals surface area (Å²) in [6.07, 6.45) is 0. The highest BCUT2D eigenvalue weighted by molar-refractivity contribution is 9.10. The summed E-state index contributed by atoms with van der Waals surface area (Å²) in [6, 6.07) is 8.11. The van der Waals surface area contributed by atoms with E-state index in [1.807, 2.05) is 0 Å². The molecule has 0 aliphatic rings. The molecule has 0 atom stereocenters. The van der Waals surface area contributed by atoms with Crippen LogP contribution in [0.15, 0.2) is 34.8 Å². The minimum Gasteiger partial charge on any atom is -0.495 e. The normalized spacial score (nSPS) is 10.2. The topological polar surface area (TPSA) is 51.2 Å². The van der Waals surface area contributed by atoms with Gasteiger partial charge in [0, 0.05) is 17.3 Å². The number of ether oxygens (including phenoxy) is 1. The van der Waals surface area contributed by atoms with Gasteiger partial charge in [-0.1, -0.05) is 23.2 Å². The van der Waals surface area contributed by atoms with Crippen LogP contribution in [0.5, 0.6) is 5.75 Å². The lowest BCUT2D eigenvalue weighted by molar-refractivity contribution is 0.102. The average Bonchev–Trinajstić information content (AvgIpc) is 2.39. The van der Waals surface area contributed by atoms with E-state index in [2.05, 4.69) is 26.2 Å². The van der Waals surface area contributed by atoms with Crippen LogP contribution >= 0.6 is 39.1 Å². The first-order valence-corrected chi connectivity index (χ1v) is 7.02. The molecule has 0 aliphatic heterocycles. The first-order chi connectivity index (χ1) is 9.49. The van der Waals surface area contributed by atoms with E-state index in [9.17, 15) is 4.79 Å². The first kappa shape index (κ1) is 15.1. The molecule has 0 aliphatic carbocycles. The number of carbonyl (C=O) groups excluding carboxylic acids is 1. The Balaban J connectivity index is 2.23. The number of carbonyl (C=O) groups is 1. The molecular formula is C13H9BrCl2N2O2. The summed E-state index contributed by atoms with van der Waals surface area (Å²) < 4.78 is 5.96. The van der Waals surface area contributed by atoms with Crippen molar-refractivity contribution in [2.45, 2.75) is 0 Å². The van der Waals surface area contributed by atoms with Gasteiger partial charge in [-0.3, -0.25) is 4.79 Å². The third kappa shape index (κ3) is 3.62. The van der Waals surface area contributed by atoms with Crippen molar-refractivity contribution in [2.24, 2.45) is 0 Å². The lowest BCUT2D eigenvalue weighted by Crippen LogP contribution is -2.12. The Hall–Kier alpha value is -1.30. The Bertz CT molecular complexity index is 645. The maximum absolute atomic E-state index is 12.1. The summed E-state index contributed by atoms with van der Waals surface area (Å²) in [6.45, 7) is 0. The van der Waals surface area contributed by atoms with E-state index in [1.54, 1.807) is 25.3 Å². The molecule has 0 fully saturated rings. The molecule has 0 radical (unpaired) electrons. The summed E-state index contributed by atoms with van der Waals surface area (Å²) in [5.41, 5.74) is 0.927. The molecule has 1 N–H and O–H groups in total. The summed E-state index contributed by atoms with van der Waals surface area (Å²) in [4.78, 5) is 15.9. The minimum atomic E-state index is -0.333. The summed E-state index contributed by atoms with van der Waals surface area (Å²) >= 11 is 14.9. The largest absolute Gasteiger partial charge is 0.495 e. The van der Waals surface area contributed by atoms with Gasteiger partial charge in [0.2, 0.25) is 0 Å². The Morgan fingerprint density at radius 1 is 1.25 bits per heavy atom. The molecule has 2 aromatic rings. The van der Waals surface area contributed by atoms with Gasteiger partial charge in [0.05, 0.1) is 11.6 Å². The standard InChI is InChI=1S/C13H9BrCl2N2O2/c1-20-10-6-8(2-3-9(10)14)17-13(19)7-4-11(15)18-12(16)5-7/h2-6H,1H3,(H,17,19). The van der Waals surface area contributed by atoms with Crippen molar-refractivity contribution >= 4 is 50.7 Å². The zero-order valence-electron chi connectivity index (χ0n) is 10.3. The molecule has 1 aromatic carbocycles. The number of halogens is 3. The second kappa shape index (κ2) is 6.43. The van der Waals surface area contributed by atoms with Crippen molar-refractivity contribution in [1.82, 2.24) is 4.98 Å². The number of rotatable bonds is 3. The van der Waals surface area contributed by atoms with Crippen LogP contribution in [0, 0.1) is 0 Å². The Morgan fingerprint density at radius 3 is 2.50 bits per heavy atom. The highest BCUT2D eigenvalue weighted by Crippen LogP contribution is 2.28. The second-order valence-electron chi connectivity index (χ2n) is 3.80. The van der Waals surface area contributed by atoms with E-state index in [4.69, 9.17) is 27.9 Å². The van der Waals surface area contributed by atoms with Gasteiger partial charge >= 0.3 is 0 Å². The van der Waals surface area contributed by atoms with Crippen LogP contribution in [0.25, 0.3) is 0 Å². The number of nitrogens with zero attached hydrogens (tertiary/aromatic N) is 1. The van der Waals surface area contributed by atoms with Crippen LogP contribution < -0.4 is 10.1 Å². The summed E-state index contributed by atoms with van der Waals surface area (Å²) in [5, 5.41) is 3.06. The van der Waals surface area contributed by atoms with E-state index >= 15 is 0 Å².